The Kier molecular flexibility index (Phi) is 4.88. The van der Waals surface area contributed by atoms with Gasteiger partial charge in [0.05, 0.1) is 11.8 Å². The van der Waals surface area contributed by atoms with Gasteiger partial charge in [-0.05, 0) is 6.07 Å². The van der Waals surface area contributed by atoms with Gasteiger partial charge in [0, 0.05) is 0 Å². The molecule has 10 heteroatoms. The van der Waals surface area contributed by atoms with E-state index in [2.05, 4.69) is 4.98 Å². The second-order valence-corrected chi connectivity index (χ2v) is 4.02. The van der Waals surface area contributed by atoms with Crippen LogP contribution >= 0.6 is 11.6 Å². The number of pyridine rings is 1. The topological polar surface area (TPSA) is 70.5 Å². The Morgan fingerprint density at radius 2 is 2.00 bits per heavy atom. The maximum Gasteiger partial charge on any atom is 0.406 e. The highest BCUT2D eigenvalue weighted by Crippen LogP contribution is 2.21. The van der Waals surface area contributed by atoms with Gasteiger partial charge in [0.25, 0.3) is 5.91 Å². The van der Waals surface area contributed by atoms with E-state index in [9.17, 15) is 27.2 Å². The van der Waals surface area contributed by atoms with Gasteiger partial charge in [-0.3, -0.25) is 9.59 Å². The molecule has 1 aromatic heterocycles. The molecule has 1 aromatic rings. The van der Waals surface area contributed by atoms with E-state index in [1.165, 1.54) is 0 Å². The van der Waals surface area contributed by atoms with Crippen LogP contribution in [0.1, 0.15) is 10.4 Å². The Morgan fingerprint density at radius 1 is 1.40 bits per heavy atom. The number of carbonyl (C=O) groups is 2. The van der Waals surface area contributed by atoms with Crippen LogP contribution in [0.25, 0.3) is 0 Å². The van der Waals surface area contributed by atoms with E-state index in [0.29, 0.717) is 12.3 Å². The zero-order valence-corrected chi connectivity index (χ0v) is 10.4. The molecule has 0 aliphatic carbocycles. The third-order valence-corrected chi connectivity index (χ3v) is 2.32. The molecule has 0 unspecified atom stereocenters. The van der Waals surface area contributed by atoms with Crippen LogP contribution in [0.5, 0.6) is 0 Å². The summed E-state index contributed by atoms with van der Waals surface area (Å²) in [6.45, 7) is -3.00. The largest absolute Gasteiger partial charge is 0.480 e. The van der Waals surface area contributed by atoms with Gasteiger partial charge in [0.2, 0.25) is 0 Å². The molecule has 0 saturated carbocycles. The Morgan fingerprint density at radius 3 is 2.50 bits per heavy atom. The predicted molar refractivity (Wildman–Crippen MR) is 58.8 cm³/mol. The maximum atomic E-state index is 12.9. The summed E-state index contributed by atoms with van der Waals surface area (Å²) in [5, 5.41) is 8.00. The van der Waals surface area contributed by atoms with Gasteiger partial charge in [-0.2, -0.15) is 13.2 Å². The van der Waals surface area contributed by atoms with Crippen LogP contribution in [0, 0.1) is 5.82 Å². The summed E-state index contributed by atoms with van der Waals surface area (Å²) in [6, 6.07) is 0.586. The van der Waals surface area contributed by atoms with Crippen LogP contribution in [-0.2, 0) is 4.79 Å². The summed E-state index contributed by atoms with van der Waals surface area (Å²) in [4.78, 5) is 25.6. The summed E-state index contributed by atoms with van der Waals surface area (Å²) < 4.78 is 49.8. The Balaban J connectivity index is 3.09. The van der Waals surface area contributed by atoms with Crippen molar-refractivity contribution in [1.29, 1.82) is 0 Å². The van der Waals surface area contributed by atoms with E-state index in [1.54, 1.807) is 0 Å². The molecule has 0 bridgehead atoms. The van der Waals surface area contributed by atoms with Crippen molar-refractivity contribution in [3.05, 3.63) is 28.8 Å². The third-order valence-electron chi connectivity index (χ3n) is 2.02. The van der Waals surface area contributed by atoms with Gasteiger partial charge < -0.3 is 10.0 Å². The van der Waals surface area contributed by atoms with Crippen LogP contribution in [0.4, 0.5) is 17.6 Å². The molecule has 1 amide bonds. The summed E-state index contributed by atoms with van der Waals surface area (Å²) in [7, 11) is 0. The summed E-state index contributed by atoms with van der Waals surface area (Å²) in [5.41, 5.74) is -0.642. The molecule has 0 atom stereocenters. The highest BCUT2D eigenvalue weighted by molar-refractivity contribution is 6.32. The number of carboxylic acids is 1. The average molecular weight is 315 g/mol. The molecule has 0 aromatic carbocycles. The lowest BCUT2D eigenvalue weighted by atomic mass is 10.2. The van der Waals surface area contributed by atoms with Crippen LogP contribution in [0.2, 0.25) is 5.15 Å². The molecule has 0 fully saturated rings. The SMILES string of the molecule is O=C(O)CN(CC(F)(F)F)C(=O)c1cc(F)cnc1Cl. The summed E-state index contributed by atoms with van der Waals surface area (Å²) in [5.74, 6) is -4.01. The maximum absolute atomic E-state index is 12.9. The lowest BCUT2D eigenvalue weighted by Crippen LogP contribution is -2.42. The zero-order chi connectivity index (χ0) is 15.5. The van der Waals surface area contributed by atoms with Crippen molar-refractivity contribution in [3.8, 4) is 0 Å². The third kappa shape index (κ3) is 4.65. The molecular weight excluding hydrogens is 308 g/mol. The fourth-order valence-electron chi connectivity index (χ4n) is 1.32. The number of amides is 1. The Hall–Kier alpha value is -1.90. The van der Waals surface area contributed by atoms with E-state index < -0.39 is 47.7 Å². The molecule has 1 heterocycles. The molecular formula is C10H7ClF4N2O3. The molecule has 1 rings (SSSR count). The quantitative estimate of drug-likeness (QED) is 0.681. The second kappa shape index (κ2) is 6.04. The van der Waals surface area contributed by atoms with Crippen molar-refractivity contribution in [1.82, 2.24) is 9.88 Å². The molecule has 110 valence electrons. The van der Waals surface area contributed by atoms with E-state index in [-0.39, 0.29) is 4.90 Å². The minimum Gasteiger partial charge on any atom is -0.480 e. The molecule has 0 saturated heterocycles. The van der Waals surface area contributed by atoms with Crippen molar-refractivity contribution in [2.45, 2.75) is 6.18 Å². The number of rotatable bonds is 4. The van der Waals surface area contributed by atoms with Crippen LogP contribution in [0.3, 0.4) is 0 Å². The summed E-state index contributed by atoms with van der Waals surface area (Å²) >= 11 is 5.49. The fourth-order valence-corrected chi connectivity index (χ4v) is 1.51. The van der Waals surface area contributed by atoms with Crippen molar-refractivity contribution < 1.29 is 32.3 Å². The first kappa shape index (κ1) is 16.2. The highest BCUT2D eigenvalue weighted by Gasteiger charge is 2.35. The minimum atomic E-state index is -4.81. The first-order chi connectivity index (χ1) is 9.10. The monoisotopic (exact) mass is 314 g/mol. The summed E-state index contributed by atoms with van der Waals surface area (Å²) in [6.07, 6.45) is -4.14. The first-order valence-corrected chi connectivity index (χ1v) is 5.37. The smallest absolute Gasteiger partial charge is 0.406 e. The van der Waals surface area contributed by atoms with Crippen LogP contribution in [0.15, 0.2) is 12.3 Å². The van der Waals surface area contributed by atoms with Crippen LogP contribution < -0.4 is 0 Å². The van der Waals surface area contributed by atoms with E-state index in [0.717, 1.165) is 0 Å². The van der Waals surface area contributed by atoms with E-state index in [1.807, 2.05) is 0 Å². The number of hydrogen-bond donors (Lipinski definition) is 1. The van der Waals surface area contributed by atoms with Gasteiger partial charge >= 0.3 is 12.1 Å². The van der Waals surface area contributed by atoms with Crippen molar-refractivity contribution in [2.75, 3.05) is 13.1 Å². The molecule has 5 nitrogen and oxygen atoms in total. The lowest BCUT2D eigenvalue weighted by Gasteiger charge is -2.22. The Bertz CT molecular complexity index is 536. The first-order valence-electron chi connectivity index (χ1n) is 4.99. The van der Waals surface area contributed by atoms with Crippen LogP contribution in [-0.4, -0.2) is 46.1 Å². The number of nitrogens with zero attached hydrogens (tertiary/aromatic N) is 2. The fraction of sp³-hybridized carbons (Fsp3) is 0.300. The number of hydrogen-bond acceptors (Lipinski definition) is 3. The minimum absolute atomic E-state index is 0.00926. The molecule has 1 N–H and O–H groups in total. The van der Waals surface area contributed by atoms with Crippen molar-refractivity contribution >= 4 is 23.5 Å². The number of carboxylic acid groups (broad SMARTS) is 1. The Labute approximate surface area is 114 Å². The zero-order valence-electron chi connectivity index (χ0n) is 9.62. The molecule has 0 spiro atoms. The van der Waals surface area contributed by atoms with Gasteiger partial charge in [-0.1, -0.05) is 11.6 Å². The second-order valence-electron chi connectivity index (χ2n) is 3.66. The van der Waals surface area contributed by atoms with Gasteiger partial charge in [0.1, 0.15) is 24.1 Å². The molecule has 0 aliphatic rings. The van der Waals surface area contributed by atoms with Gasteiger partial charge in [-0.25, -0.2) is 9.37 Å². The number of alkyl halides is 3. The molecule has 20 heavy (non-hydrogen) atoms. The number of carbonyl (C=O) groups excluding carboxylic acids is 1. The predicted octanol–water partition coefficient (Wildman–Crippen LogP) is 1.96. The molecule has 0 radical (unpaired) electrons. The van der Waals surface area contributed by atoms with E-state index in [4.69, 9.17) is 16.7 Å². The molecule has 0 aliphatic heterocycles. The highest BCUT2D eigenvalue weighted by atomic mass is 35.5. The van der Waals surface area contributed by atoms with Crippen molar-refractivity contribution in [3.63, 3.8) is 0 Å². The number of aromatic nitrogens is 1. The normalized spacial score (nSPS) is 11.2. The van der Waals surface area contributed by atoms with Crippen molar-refractivity contribution in [2.24, 2.45) is 0 Å². The standard InChI is InChI=1S/C10H7ClF4N2O3/c11-8-6(1-5(12)2-16-8)9(20)17(3-7(18)19)4-10(13,14)15/h1-2H,3-4H2,(H,18,19). The number of aliphatic carboxylic acids is 1. The average Bonchev–Trinajstić information content (AvgIpc) is 2.28. The van der Waals surface area contributed by atoms with E-state index >= 15 is 0 Å². The number of halogens is 5. The van der Waals surface area contributed by atoms with Gasteiger partial charge in [0.15, 0.2) is 0 Å². The lowest BCUT2D eigenvalue weighted by molar-refractivity contribution is -0.149. The van der Waals surface area contributed by atoms with Gasteiger partial charge in [-0.15, -0.1) is 0 Å².